The van der Waals surface area contributed by atoms with E-state index >= 15 is 0 Å². The minimum Gasteiger partial charge on any atom is -0.247 e. The predicted octanol–water partition coefficient (Wildman–Crippen LogP) is 7.41. The third-order valence-corrected chi connectivity index (χ3v) is 7.83. The van der Waals surface area contributed by atoms with Crippen molar-refractivity contribution < 1.29 is 0 Å². The van der Waals surface area contributed by atoms with Gasteiger partial charge in [-0.25, -0.2) is 4.98 Å². The molecule has 0 spiro atoms. The van der Waals surface area contributed by atoms with E-state index in [0.29, 0.717) is 0 Å². The number of nitrogens with zero attached hydrogens (tertiary/aromatic N) is 1. The van der Waals surface area contributed by atoms with Crippen molar-refractivity contribution in [2.24, 2.45) is 0 Å². The molecule has 0 aliphatic heterocycles. The van der Waals surface area contributed by atoms with Gasteiger partial charge in [0.2, 0.25) is 0 Å². The zero-order chi connectivity index (χ0) is 21.5. The second-order valence-corrected chi connectivity index (χ2v) is 15.3. The van der Waals surface area contributed by atoms with E-state index in [0.717, 1.165) is 16.8 Å². The van der Waals surface area contributed by atoms with Crippen LogP contribution in [0, 0.1) is 0 Å². The van der Waals surface area contributed by atoms with Crippen LogP contribution in [0.2, 0.25) is 19.6 Å². The number of hydrogen-bond acceptors (Lipinski definition) is 1. The normalized spacial score (nSPS) is 12.3. The minimum absolute atomic E-state index is 0.144. The van der Waals surface area contributed by atoms with E-state index in [1.165, 1.54) is 27.3 Å². The molecule has 4 aromatic rings. The first-order valence-corrected chi connectivity index (χ1v) is 14.2. The van der Waals surface area contributed by atoms with Crippen molar-refractivity contribution in [2.45, 2.75) is 45.8 Å². The van der Waals surface area contributed by atoms with Crippen LogP contribution in [0.1, 0.15) is 26.3 Å². The van der Waals surface area contributed by atoms with Gasteiger partial charge >= 0.3 is 0 Å². The van der Waals surface area contributed by atoms with Gasteiger partial charge in [-0.2, -0.15) is 0 Å². The molecule has 0 amide bonds. The van der Waals surface area contributed by atoms with Gasteiger partial charge in [0.25, 0.3) is 0 Å². The van der Waals surface area contributed by atoms with Crippen LogP contribution in [-0.2, 0) is 5.41 Å². The van der Waals surface area contributed by atoms with Gasteiger partial charge in [-0.05, 0) is 28.7 Å². The van der Waals surface area contributed by atoms with Gasteiger partial charge in [-0.3, -0.25) is 0 Å². The number of fused-ring (bicyclic) bond motifs is 1. The van der Waals surface area contributed by atoms with Crippen molar-refractivity contribution in [3.8, 4) is 22.4 Å². The van der Waals surface area contributed by atoms with Crippen LogP contribution in [0.4, 0.5) is 0 Å². The molecule has 1 nitrogen and oxygen atoms in total. The van der Waals surface area contributed by atoms with E-state index in [-0.39, 0.29) is 5.41 Å². The monoisotopic (exact) mass is 409 g/mol. The summed E-state index contributed by atoms with van der Waals surface area (Å²) in [5, 5.41) is 2.70. The first kappa shape index (κ1) is 20.6. The summed E-state index contributed by atoms with van der Waals surface area (Å²) in [4.78, 5) is 5.15. The van der Waals surface area contributed by atoms with E-state index < -0.39 is 8.07 Å². The lowest BCUT2D eigenvalue weighted by atomic mass is 9.86. The highest BCUT2D eigenvalue weighted by molar-refractivity contribution is 6.88. The molecule has 0 aliphatic carbocycles. The van der Waals surface area contributed by atoms with Gasteiger partial charge in [0.1, 0.15) is 0 Å². The SMILES string of the molecule is CC(C)(C)c1ccc(-c2nc3ccc([Si](C)(C)C)cc3cc2-c2ccccc2)cc1. The molecular weight excluding hydrogens is 378 g/mol. The Morgan fingerprint density at radius 1 is 0.700 bits per heavy atom. The van der Waals surface area contributed by atoms with Gasteiger partial charge in [0.05, 0.1) is 19.3 Å². The molecule has 4 rings (SSSR count). The van der Waals surface area contributed by atoms with E-state index in [1.807, 2.05) is 0 Å². The average molecular weight is 410 g/mol. The maximum Gasteiger partial charge on any atom is 0.0788 e. The summed E-state index contributed by atoms with van der Waals surface area (Å²) in [7, 11) is -1.38. The molecule has 0 unspecified atom stereocenters. The second kappa shape index (κ2) is 7.52. The minimum atomic E-state index is -1.38. The molecule has 0 bridgehead atoms. The molecule has 3 aromatic carbocycles. The van der Waals surface area contributed by atoms with Crippen LogP contribution in [0.3, 0.4) is 0 Å². The maximum absolute atomic E-state index is 5.15. The predicted molar refractivity (Wildman–Crippen MR) is 134 cm³/mol. The molecule has 1 heterocycles. The topological polar surface area (TPSA) is 12.9 Å². The Labute approximate surface area is 181 Å². The molecule has 0 saturated carbocycles. The summed E-state index contributed by atoms with van der Waals surface area (Å²) >= 11 is 0. The molecule has 30 heavy (non-hydrogen) atoms. The molecular formula is C28H31NSi. The zero-order valence-corrected chi connectivity index (χ0v) is 20.0. The number of aromatic nitrogens is 1. The van der Waals surface area contributed by atoms with Crippen LogP contribution >= 0.6 is 0 Å². The van der Waals surface area contributed by atoms with E-state index in [4.69, 9.17) is 4.98 Å². The van der Waals surface area contributed by atoms with Gasteiger partial charge in [0.15, 0.2) is 0 Å². The summed E-state index contributed by atoms with van der Waals surface area (Å²) in [6.45, 7) is 13.9. The second-order valence-electron chi connectivity index (χ2n) is 10.2. The van der Waals surface area contributed by atoms with Crippen LogP contribution < -0.4 is 5.19 Å². The highest BCUT2D eigenvalue weighted by Crippen LogP contribution is 2.34. The summed E-state index contributed by atoms with van der Waals surface area (Å²) < 4.78 is 0. The first-order chi connectivity index (χ1) is 14.1. The molecule has 0 saturated heterocycles. The first-order valence-electron chi connectivity index (χ1n) is 10.7. The fraction of sp³-hybridized carbons (Fsp3) is 0.250. The molecule has 0 fully saturated rings. The number of hydrogen-bond donors (Lipinski definition) is 0. The fourth-order valence-corrected chi connectivity index (χ4v) is 5.00. The molecule has 2 heteroatoms. The third-order valence-electron chi connectivity index (χ3n) is 5.79. The Morgan fingerprint density at radius 3 is 1.97 bits per heavy atom. The van der Waals surface area contributed by atoms with E-state index in [1.54, 1.807) is 0 Å². The third kappa shape index (κ3) is 4.10. The molecule has 0 N–H and O–H groups in total. The Balaban J connectivity index is 1.93. The van der Waals surface area contributed by atoms with Crippen LogP contribution in [0.25, 0.3) is 33.3 Å². The van der Waals surface area contributed by atoms with Crippen molar-refractivity contribution in [1.82, 2.24) is 4.98 Å². The Bertz CT molecular complexity index is 1180. The number of pyridine rings is 1. The highest BCUT2D eigenvalue weighted by atomic mass is 28.3. The van der Waals surface area contributed by atoms with Crippen molar-refractivity contribution in [2.75, 3.05) is 0 Å². The standard InChI is InChI=1S/C28H31NSi/c1-28(2,3)23-14-12-21(13-15-23)27-25(20-10-8-7-9-11-20)19-22-18-24(30(4,5)6)16-17-26(22)29-27/h7-19H,1-6H3. The Hall–Kier alpha value is -2.71. The highest BCUT2D eigenvalue weighted by Gasteiger charge is 2.19. The summed E-state index contributed by atoms with van der Waals surface area (Å²) in [6, 6.07) is 28.7. The molecule has 1 aromatic heterocycles. The number of rotatable bonds is 3. The largest absolute Gasteiger partial charge is 0.247 e. The quantitative estimate of drug-likeness (QED) is 0.321. The zero-order valence-electron chi connectivity index (χ0n) is 19.0. The van der Waals surface area contributed by atoms with Crippen molar-refractivity contribution in [3.05, 3.63) is 84.4 Å². The summed E-state index contributed by atoms with van der Waals surface area (Å²) in [6.07, 6.45) is 0. The smallest absolute Gasteiger partial charge is 0.0788 e. The lowest BCUT2D eigenvalue weighted by Gasteiger charge is -2.20. The lowest BCUT2D eigenvalue weighted by Crippen LogP contribution is -2.37. The van der Waals surface area contributed by atoms with Crippen molar-refractivity contribution in [1.29, 1.82) is 0 Å². The van der Waals surface area contributed by atoms with Crippen LogP contribution in [0.15, 0.2) is 78.9 Å². The molecule has 0 atom stereocenters. The lowest BCUT2D eigenvalue weighted by molar-refractivity contribution is 0.590. The van der Waals surface area contributed by atoms with Gasteiger partial charge < -0.3 is 0 Å². The molecule has 0 aliphatic rings. The van der Waals surface area contributed by atoms with Gasteiger partial charge in [0, 0.05) is 16.5 Å². The Kier molecular flexibility index (Phi) is 5.15. The van der Waals surface area contributed by atoms with E-state index in [2.05, 4.69) is 119 Å². The summed E-state index contributed by atoms with van der Waals surface area (Å²) in [5.74, 6) is 0. The van der Waals surface area contributed by atoms with E-state index in [9.17, 15) is 0 Å². The average Bonchev–Trinajstić information content (AvgIpc) is 2.72. The molecule has 152 valence electrons. The summed E-state index contributed by atoms with van der Waals surface area (Å²) in [5.41, 5.74) is 7.16. The van der Waals surface area contributed by atoms with Crippen LogP contribution in [0.5, 0.6) is 0 Å². The van der Waals surface area contributed by atoms with Crippen molar-refractivity contribution >= 4 is 24.2 Å². The maximum atomic E-state index is 5.15. The van der Waals surface area contributed by atoms with Gasteiger partial charge in [-0.15, -0.1) is 0 Å². The van der Waals surface area contributed by atoms with Gasteiger partial charge in [-0.1, -0.05) is 112 Å². The van der Waals surface area contributed by atoms with Crippen molar-refractivity contribution in [3.63, 3.8) is 0 Å². The number of benzene rings is 3. The fourth-order valence-electron chi connectivity index (χ4n) is 3.83. The van der Waals surface area contributed by atoms with Crippen LogP contribution in [-0.4, -0.2) is 13.1 Å². The molecule has 0 radical (unpaired) electrons. The Morgan fingerprint density at radius 2 is 1.37 bits per heavy atom.